The van der Waals surface area contributed by atoms with Crippen molar-refractivity contribution in [1.29, 1.82) is 0 Å². The Morgan fingerprint density at radius 3 is 2.70 bits per heavy atom. The van der Waals surface area contributed by atoms with Gasteiger partial charge < -0.3 is 14.6 Å². The Bertz CT molecular complexity index is 875. The predicted octanol–water partition coefficient (Wildman–Crippen LogP) is 3.90. The molecule has 2 heterocycles. The smallest absolute Gasteiger partial charge is 0.354 e. The number of halogens is 4. The maximum Gasteiger partial charge on any atom is 0.354 e. The zero-order chi connectivity index (χ0) is 19.7. The Hall–Kier alpha value is -2.68. The van der Waals surface area contributed by atoms with E-state index in [1.54, 1.807) is 6.92 Å². The lowest BCUT2D eigenvalue weighted by Gasteiger charge is -2.32. The summed E-state index contributed by atoms with van der Waals surface area (Å²) >= 11 is 0. The molecule has 2 aromatic rings. The summed E-state index contributed by atoms with van der Waals surface area (Å²) in [5.74, 6) is -3.38. The lowest BCUT2D eigenvalue weighted by Crippen LogP contribution is -2.36. The number of hydrogen-bond acceptors (Lipinski definition) is 4. The summed E-state index contributed by atoms with van der Waals surface area (Å²) in [4.78, 5) is 15.3. The molecule has 1 aliphatic rings. The lowest BCUT2D eigenvalue weighted by atomic mass is 9.88. The van der Waals surface area contributed by atoms with Crippen LogP contribution in [0.4, 0.5) is 17.6 Å². The summed E-state index contributed by atoms with van der Waals surface area (Å²) in [5.41, 5.74) is 0.215. The van der Waals surface area contributed by atoms with Gasteiger partial charge in [-0.2, -0.15) is 8.78 Å². The number of rotatable bonds is 5. The van der Waals surface area contributed by atoms with Crippen molar-refractivity contribution in [2.75, 3.05) is 6.61 Å². The minimum absolute atomic E-state index is 0.00405. The minimum Gasteiger partial charge on any atom is -0.477 e. The van der Waals surface area contributed by atoms with Crippen LogP contribution in [0.2, 0.25) is 0 Å². The Balaban J connectivity index is 2.07. The van der Waals surface area contributed by atoms with E-state index in [0.717, 1.165) is 6.07 Å². The van der Waals surface area contributed by atoms with Crippen molar-refractivity contribution in [1.82, 2.24) is 4.98 Å². The highest BCUT2D eigenvalue weighted by Crippen LogP contribution is 2.38. The Morgan fingerprint density at radius 1 is 1.33 bits per heavy atom. The molecule has 0 radical (unpaired) electrons. The van der Waals surface area contributed by atoms with Crippen molar-refractivity contribution >= 4 is 5.97 Å². The number of ether oxygens (including phenoxy) is 2. The first-order valence-electron chi connectivity index (χ1n) is 8.05. The van der Waals surface area contributed by atoms with Crippen LogP contribution < -0.4 is 4.74 Å². The molecule has 27 heavy (non-hydrogen) atoms. The molecule has 0 aliphatic carbocycles. The second-order valence-electron chi connectivity index (χ2n) is 6.20. The van der Waals surface area contributed by atoms with Gasteiger partial charge in [0.25, 0.3) is 0 Å². The number of nitrogens with zero attached hydrogens (tertiary/aromatic N) is 1. The molecular formula is C18H15F4NO4. The maximum atomic E-state index is 14.3. The molecule has 0 amide bonds. The van der Waals surface area contributed by atoms with Gasteiger partial charge in [0.2, 0.25) is 5.88 Å². The predicted molar refractivity (Wildman–Crippen MR) is 85.8 cm³/mol. The van der Waals surface area contributed by atoms with Gasteiger partial charge in [-0.15, -0.1) is 0 Å². The third kappa shape index (κ3) is 4.02. The van der Waals surface area contributed by atoms with Crippen molar-refractivity contribution in [2.24, 2.45) is 5.92 Å². The van der Waals surface area contributed by atoms with Gasteiger partial charge in [-0.3, -0.25) is 0 Å². The normalized spacial score (nSPS) is 18.9. The highest BCUT2D eigenvalue weighted by molar-refractivity contribution is 5.88. The highest BCUT2D eigenvalue weighted by Gasteiger charge is 2.32. The Labute approximate surface area is 151 Å². The van der Waals surface area contributed by atoms with E-state index in [0.29, 0.717) is 11.6 Å². The van der Waals surface area contributed by atoms with Gasteiger partial charge in [-0.05, 0) is 36.1 Å². The van der Waals surface area contributed by atoms with Crippen LogP contribution in [0.25, 0.3) is 11.1 Å². The number of carboxylic acids is 1. The number of aromatic carboxylic acids is 1. The van der Waals surface area contributed by atoms with Crippen LogP contribution in [-0.4, -0.2) is 35.4 Å². The van der Waals surface area contributed by atoms with E-state index in [4.69, 9.17) is 4.74 Å². The number of carbonyl (C=O) groups is 1. The number of alkyl halides is 2. The molecule has 0 bridgehead atoms. The molecule has 0 saturated heterocycles. The number of carboxylic acid groups (broad SMARTS) is 1. The van der Waals surface area contributed by atoms with E-state index < -0.39 is 42.6 Å². The van der Waals surface area contributed by atoms with E-state index >= 15 is 0 Å². The molecule has 0 unspecified atom stereocenters. The SMILES string of the molecule is C[C@H]1Cc2c(-c3ccc(F)cc3F)cc(C(=O)O)nc2O[C@@H]1COC(F)F. The standard InChI is InChI=1S/C18H15F4NO4/c1-8-4-12-11(10-3-2-9(19)5-13(10)20)6-14(17(24)25)23-16(12)27-15(8)7-26-18(21)22/h2-3,5-6,8,15,18H,4,7H2,1H3,(H,24,25)/t8-,15+/m0/s1. The average Bonchev–Trinajstić information content (AvgIpc) is 2.59. The molecule has 0 saturated carbocycles. The quantitative estimate of drug-likeness (QED) is 0.791. The molecule has 5 nitrogen and oxygen atoms in total. The topological polar surface area (TPSA) is 68.7 Å². The van der Waals surface area contributed by atoms with Gasteiger partial charge in [-0.1, -0.05) is 6.92 Å². The largest absolute Gasteiger partial charge is 0.477 e. The molecule has 0 spiro atoms. The first-order valence-corrected chi connectivity index (χ1v) is 8.05. The van der Waals surface area contributed by atoms with E-state index in [-0.39, 0.29) is 29.3 Å². The van der Waals surface area contributed by atoms with Gasteiger partial charge in [-0.25, -0.2) is 18.6 Å². The number of aromatic nitrogens is 1. The fraction of sp³-hybridized carbons (Fsp3) is 0.333. The van der Waals surface area contributed by atoms with Crippen molar-refractivity contribution in [3.8, 4) is 17.0 Å². The summed E-state index contributed by atoms with van der Waals surface area (Å²) in [5, 5.41) is 9.27. The molecule has 1 aromatic carbocycles. The Morgan fingerprint density at radius 2 is 2.07 bits per heavy atom. The fourth-order valence-electron chi connectivity index (χ4n) is 2.98. The highest BCUT2D eigenvalue weighted by atomic mass is 19.3. The van der Waals surface area contributed by atoms with E-state index in [2.05, 4.69) is 9.72 Å². The van der Waals surface area contributed by atoms with Crippen molar-refractivity contribution in [3.05, 3.63) is 47.2 Å². The van der Waals surface area contributed by atoms with Gasteiger partial charge in [0, 0.05) is 17.2 Å². The summed E-state index contributed by atoms with van der Waals surface area (Å²) in [6.45, 7) is -1.64. The van der Waals surface area contributed by atoms with Crippen LogP contribution in [0.5, 0.6) is 5.88 Å². The molecule has 1 N–H and O–H groups in total. The van der Waals surface area contributed by atoms with Crippen LogP contribution in [0.3, 0.4) is 0 Å². The summed E-state index contributed by atoms with van der Waals surface area (Å²) < 4.78 is 62.0. The van der Waals surface area contributed by atoms with E-state index in [9.17, 15) is 27.5 Å². The van der Waals surface area contributed by atoms with Crippen LogP contribution in [-0.2, 0) is 11.2 Å². The third-order valence-electron chi connectivity index (χ3n) is 4.34. The van der Waals surface area contributed by atoms with Crippen LogP contribution in [0.15, 0.2) is 24.3 Å². The average molecular weight is 385 g/mol. The molecule has 3 rings (SSSR count). The van der Waals surface area contributed by atoms with Gasteiger partial charge >= 0.3 is 12.6 Å². The van der Waals surface area contributed by atoms with Crippen LogP contribution in [0.1, 0.15) is 23.0 Å². The van der Waals surface area contributed by atoms with Crippen LogP contribution in [0, 0.1) is 17.6 Å². The van der Waals surface area contributed by atoms with E-state index in [1.807, 2.05) is 0 Å². The minimum atomic E-state index is -2.97. The number of pyridine rings is 1. The maximum absolute atomic E-state index is 14.3. The summed E-state index contributed by atoms with van der Waals surface area (Å²) in [7, 11) is 0. The van der Waals surface area contributed by atoms with Crippen LogP contribution >= 0.6 is 0 Å². The van der Waals surface area contributed by atoms with Gasteiger partial charge in [0.05, 0.1) is 6.61 Å². The molecule has 1 aliphatic heterocycles. The lowest BCUT2D eigenvalue weighted by molar-refractivity contribution is -0.150. The summed E-state index contributed by atoms with van der Waals surface area (Å²) in [6, 6.07) is 4.12. The zero-order valence-electron chi connectivity index (χ0n) is 14.1. The molecule has 144 valence electrons. The monoisotopic (exact) mass is 385 g/mol. The first-order chi connectivity index (χ1) is 12.8. The van der Waals surface area contributed by atoms with Crippen molar-refractivity contribution < 1.29 is 36.9 Å². The molecule has 0 fully saturated rings. The molecular weight excluding hydrogens is 370 g/mol. The van der Waals surface area contributed by atoms with Crippen molar-refractivity contribution in [3.63, 3.8) is 0 Å². The number of benzene rings is 1. The zero-order valence-corrected chi connectivity index (χ0v) is 14.1. The molecule has 1 aromatic heterocycles. The summed E-state index contributed by atoms with van der Waals surface area (Å²) in [6.07, 6.45) is -0.500. The van der Waals surface area contributed by atoms with Gasteiger partial charge in [0.1, 0.15) is 17.7 Å². The molecule has 2 atom stereocenters. The fourth-order valence-corrected chi connectivity index (χ4v) is 2.98. The van der Waals surface area contributed by atoms with E-state index in [1.165, 1.54) is 12.1 Å². The van der Waals surface area contributed by atoms with Crippen molar-refractivity contribution in [2.45, 2.75) is 26.1 Å². The van der Waals surface area contributed by atoms with Gasteiger partial charge in [0.15, 0.2) is 5.69 Å². The first kappa shape index (κ1) is 19.1. The Kier molecular flexibility index (Phi) is 5.31. The third-order valence-corrected chi connectivity index (χ3v) is 4.34. The second-order valence-corrected chi connectivity index (χ2v) is 6.20. The number of fused-ring (bicyclic) bond motifs is 1. The number of hydrogen-bond donors (Lipinski definition) is 1. The molecule has 9 heteroatoms. The second kappa shape index (κ2) is 7.51.